The van der Waals surface area contributed by atoms with Gasteiger partial charge in [-0.3, -0.25) is 10.1 Å². The van der Waals surface area contributed by atoms with Crippen LogP contribution in [0.3, 0.4) is 0 Å². The first-order valence-corrected chi connectivity index (χ1v) is 10.4. The molecule has 8 heteroatoms. The molecule has 0 unspecified atom stereocenters. The minimum Gasteiger partial charge on any atom is -0.341 e. The van der Waals surface area contributed by atoms with Crippen molar-refractivity contribution in [3.8, 4) is 0 Å². The number of nitrogens with one attached hydrogen (secondary N) is 2. The molecule has 2 heterocycles. The molecule has 0 spiro atoms. The summed E-state index contributed by atoms with van der Waals surface area (Å²) in [7, 11) is 1.48. The van der Waals surface area contributed by atoms with Crippen LogP contribution in [-0.2, 0) is 17.6 Å². The highest BCUT2D eigenvalue weighted by Crippen LogP contribution is 2.43. The normalized spacial score (nSPS) is 14.0. The third-order valence-corrected chi connectivity index (χ3v) is 6.95. The minimum absolute atomic E-state index is 0.371. The first kappa shape index (κ1) is 17.9. The van der Waals surface area contributed by atoms with E-state index in [1.54, 1.807) is 17.7 Å². The molecule has 4 rings (SSSR count). The Bertz CT molecular complexity index is 1000. The quantitative estimate of drug-likeness (QED) is 0.519. The van der Waals surface area contributed by atoms with Gasteiger partial charge in [-0.25, -0.2) is 14.8 Å². The fourth-order valence-corrected chi connectivity index (χ4v) is 5.66. The Morgan fingerprint density at radius 1 is 1.19 bits per heavy atom. The number of hydrogen-bond donors (Lipinski definition) is 2. The first-order valence-electron chi connectivity index (χ1n) is 8.67. The molecule has 1 aromatic carbocycles. The summed E-state index contributed by atoms with van der Waals surface area (Å²) in [6.45, 7) is 0. The van der Waals surface area contributed by atoms with E-state index in [0.717, 1.165) is 40.1 Å². The summed E-state index contributed by atoms with van der Waals surface area (Å²) >= 11 is 3.08. The lowest BCUT2D eigenvalue weighted by atomic mass is 10.1. The van der Waals surface area contributed by atoms with E-state index in [1.165, 1.54) is 29.3 Å². The van der Waals surface area contributed by atoms with Crippen molar-refractivity contribution in [2.24, 2.45) is 0 Å². The van der Waals surface area contributed by atoms with Gasteiger partial charge in [0.1, 0.15) is 21.4 Å². The second-order valence-corrected chi connectivity index (χ2v) is 8.37. The number of carbonyl (C=O) groups excluding carboxylic acids is 2. The first-order chi connectivity index (χ1) is 13.2. The highest BCUT2D eigenvalue weighted by Gasteiger charge is 2.27. The second-order valence-electron chi connectivity index (χ2n) is 6.19. The summed E-state index contributed by atoms with van der Waals surface area (Å²) < 4.78 is 0. The summed E-state index contributed by atoms with van der Waals surface area (Å²) in [5.74, 6) is -0.371. The van der Waals surface area contributed by atoms with Crippen LogP contribution in [0.1, 0.15) is 27.7 Å². The number of thiophene rings is 1. The van der Waals surface area contributed by atoms with Gasteiger partial charge in [0.25, 0.3) is 0 Å². The fourth-order valence-electron chi connectivity index (χ4n) is 3.24. The molecule has 2 N–H and O–H groups in total. The molecule has 1 aliphatic rings. The predicted molar refractivity (Wildman–Crippen MR) is 107 cm³/mol. The number of aryl methyl sites for hydroxylation is 2. The monoisotopic (exact) mass is 398 g/mol. The Kier molecular flexibility index (Phi) is 5.09. The summed E-state index contributed by atoms with van der Waals surface area (Å²) in [6, 6.07) is 8.92. The molecule has 1 aliphatic carbocycles. The maximum atomic E-state index is 12.8. The van der Waals surface area contributed by atoms with E-state index in [9.17, 15) is 9.59 Å². The second kappa shape index (κ2) is 7.66. The van der Waals surface area contributed by atoms with E-state index in [0.29, 0.717) is 0 Å². The van der Waals surface area contributed by atoms with Gasteiger partial charge in [0, 0.05) is 17.3 Å². The van der Waals surface area contributed by atoms with Gasteiger partial charge in [-0.1, -0.05) is 42.1 Å². The van der Waals surface area contributed by atoms with Gasteiger partial charge < -0.3 is 5.32 Å². The zero-order valence-corrected chi connectivity index (χ0v) is 16.3. The number of amides is 3. The smallest absolute Gasteiger partial charge is 0.321 e. The number of aromatic nitrogens is 2. The third-order valence-electron chi connectivity index (χ3n) is 4.50. The van der Waals surface area contributed by atoms with Crippen molar-refractivity contribution in [3.05, 3.63) is 52.7 Å². The standard InChI is InChI=1S/C19H18N4O2S2/c1-20-19(25)23-16(24)15(11-6-3-2-4-7-11)27-18-14-12-8-5-9-13(12)26-17(14)21-10-22-18/h2-4,6-7,10,15H,5,8-9H2,1H3,(H2,20,23,24,25)/t15-/m1/s1. The van der Waals surface area contributed by atoms with Crippen LogP contribution in [0.5, 0.6) is 0 Å². The van der Waals surface area contributed by atoms with Gasteiger partial charge in [0.2, 0.25) is 5.91 Å². The van der Waals surface area contributed by atoms with Gasteiger partial charge in [-0.05, 0) is 30.4 Å². The van der Waals surface area contributed by atoms with Gasteiger partial charge in [-0.15, -0.1) is 11.3 Å². The molecule has 0 saturated carbocycles. The largest absolute Gasteiger partial charge is 0.341 e. The topological polar surface area (TPSA) is 84.0 Å². The Balaban J connectivity index is 1.73. The number of rotatable bonds is 4. The molecule has 0 aliphatic heterocycles. The number of urea groups is 1. The van der Waals surface area contributed by atoms with Crippen molar-refractivity contribution < 1.29 is 9.59 Å². The van der Waals surface area contributed by atoms with Crippen LogP contribution in [0.25, 0.3) is 10.2 Å². The highest BCUT2D eigenvalue weighted by molar-refractivity contribution is 8.00. The van der Waals surface area contributed by atoms with Crippen molar-refractivity contribution in [3.63, 3.8) is 0 Å². The maximum Gasteiger partial charge on any atom is 0.321 e. The number of carbonyl (C=O) groups is 2. The van der Waals surface area contributed by atoms with E-state index in [1.807, 2.05) is 30.3 Å². The van der Waals surface area contributed by atoms with Crippen LogP contribution < -0.4 is 10.6 Å². The van der Waals surface area contributed by atoms with Gasteiger partial charge >= 0.3 is 6.03 Å². The Labute approximate surface area is 164 Å². The molecule has 0 saturated heterocycles. The molecule has 0 fully saturated rings. The Morgan fingerprint density at radius 2 is 2.00 bits per heavy atom. The fraction of sp³-hybridized carbons (Fsp3) is 0.263. The summed E-state index contributed by atoms with van der Waals surface area (Å²) in [5.41, 5.74) is 2.14. The minimum atomic E-state index is -0.585. The lowest BCUT2D eigenvalue weighted by Gasteiger charge is -2.16. The zero-order chi connectivity index (χ0) is 18.8. The summed E-state index contributed by atoms with van der Waals surface area (Å²) in [6.07, 6.45) is 4.81. The van der Waals surface area contributed by atoms with Crippen LogP contribution in [0.2, 0.25) is 0 Å². The number of nitrogens with zero attached hydrogens (tertiary/aromatic N) is 2. The van der Waals surface area contributed by atoms with Gasteiger partial charge in [-0.2, -0.15) is 0 Å². The highest BCUT2D eigenvalue weighted by atomic mass is 32.2. The van der Waals surface area contributed by atoms with Crippen molar-refractivity contribution in [2.45, 2.75) is 29.5 Å². The summed E-state index contributed by atoms with van der Waals surface area (Å²) in [4.78, 5) is 35.7. The molecule has 0 radical (unpaired) electrons. The van der Waals surface area contributed by atoms with Crippen LogP contribution in [0.15, 0.2) is 41.7 Å². The molecule has 3 aromatic rings. The van der Waals surface area contributed by atoms with Crippen LogP contribution in [-0.4, -0.2) is 29.0 Å². The van der Waals surface area contributed by atoms with Crippen molar-refractivity contribution >= 4 is 45.3 Å². The third kappa shape index (κ3) is 3.54. The van der Waals surface area contributed by atoms with Crippen LogP contribution in [0, 0.1) is 0 Å². The lowest BCUT2D eigenvalue weighted by Crippen LogP contribution is -2.39. The van der Waals surface area contributed by atoms with Crippen LogP contribution >= 0.6 is 23.1 Å². The van der Waals surface area contributed by atoms with Crippen molar-refractivity contribution in [2.75, 3.05) is 7.05 Å². The molecule has 27 heavy (non-hydrogen) atoms. The molecule has 2 aromatic heterocycles. The van der Waals surface area contributed by atoms with Gasteiger partial charge in [0.15, 0.2) is 0 Å². The molecule has 6 nitrogen and oxygen atoms in total. The van der Waals surface area contributed by atoms with E-state index in [-0.39, 0.29) is 5.91 Å². The Morgan fingerprint density at radius 3 is 2.78 bits per heavy atom. The number of benzene rings is 1. The van der Waals surface area contributed by atoms with Crippen molar-refractivity contribution in [1.29, 1.82) is 0 Å². The van der Waals surface area contributed by atoms with E-state index in [4.69, 9.17) is 0 Å². The number of fused-ring (bicyclic) bond motifs is 3. The number of thioether (sulfide) groups is 1. The molecular weight excluding hydrogens is 380 g/mol. The predicted octanol–water partition coefficient (Wildman–Crippen LogP) is 3.47. The average molecular weight is 399 g/mol. The van der Waals surface area contributed by atoms with E-state index in [2.05, 4.69) is 20.6 Å². The summed E-state index contributed by atoms with van der Waals surface area (Å²) in [5, 5.41) is 6.08. The van der Waals surface area contributed by atoms with E-state index < -0.39 is 11.3 Å². The molecule has 0 bridgehead atoms. The molecule has 3 amide bonds. The maximum absolute atomic E-state index is 12.8. The van der Waals surface area contributed by atoms with E-state index >= 15 is 0 Å². The zero-order valence-electron chi connectivity index (χ0n) is 14.7. The van der Waals surface area contributed by atoms with Crippen molar-refractivity contribution in [1.82, 2.24) is 20.6 Å². The number of imide groups is 1. The SMILES string of the molecule is CNC(=O)NC(=O)[C@H](Sc1ncnc2sc3c(c12)CCC3)c1ccccc1. The lowest BCUT2D eigenvalue weighted by molar-refractivity contribution is -0.119. The number of hydrogen-bond acceptors (Lipinski definition) is 6. The van der Waals surface area contributed by atoms with Crippen LogP contribution in [0.4, 0.5) is 4.79 Å². The molecule has 1 atom stereocenters. The average Bonchev–Trinajstić information content (AvgIpc) is 3.27. The van der Waals surface area contributed by atoms with Gasteiger partial charge in [0.05, 0.1) is 0 Å². The molecular formula is C19H18N4O2S2. The molecule has 138 valence electrons. The Hall–Kier alpha value is -2.45.